The SMILES string of the molecule is CNC(=O)C(C)(C)c1cccc(F)c1. The lowest BCUT2D eigenvalue weighted by Gasteiger charge is -2.22. The van der Waals surface area contributed by atoms with E-state index in [0.29, 0.717) is 5.56 Å². The first-order valence-corrected chi connectivity index (χ1v) is 4.46. The van der Waals surface area contributed by atoms with Crippen LogP contribution in [0.5, 0.6) is 0 Å². The zero-order chi connectivity index (χ0) is 10.8. The Morgan fingerprint density at radius 2 is 2.07 bits per heavy atom. The summed E-state index contributed by atoms with van der Waals surface area (Å²) < 4.78 is 12.9. The highest BCUT2D eigenvalue weighted by atomic mass is 19.1. The molecule has 1 amide bonds. The standard InChI is InChI=1S/C11H14FNO/c1-11(2,10(14)13-3)8-5-4-6-9(12)7-8/h4-7H,1-3H3,(H,13,14). The number of nitrogens with one attached hydrogen (secondary N) is 1. The molecule has 0 atom stereocenters. The molecule has 0 saturated heterocycles. The average molecular weight is 195 g/mol. The lowest BCUT2D eigenvalue weighted by Crippen LogP contribution is -2.38. The monoisotopic (exact) mass is 195 g/mol. The number of hydrogen-bond donors (Lipinski definition) is 1. The highest BCUT2D eigenvalue weighted by molar-refractivity contribution is 5.86. The Bertz CT molecular complexity index is 347. The van der Waals surface area contributed by atoms with Crippen molar-refractivity contribution in [1.82, 2.24) is 5.32 Å². The van der Waals surface area contributed by atoms with Crippen molar-refractivity contribution in [2.45, 2.75) is 19.3 Å². The van der Waals surface area contributed by atoms with Gasteiger partial charge in [-0.3, -0.25) is 4.79 Å². The Hall–Kier alpha value is -1.38. The van der Waals surface area contributed by atoms with Gasteiger partial charge < -0.3 is 5.32 Å². The molecule has 0 aromatic heterocycles. The first-order chi connectivity index (χ1) is 6.48. The first kappa shape index (κ1) is 10.7. The third-order valence-electron chi connectivity index (χ3n) is 2.34. The van der Waals surface area contributed by atoms with Crippen LogP contribution < -0.4 is 5.32 Å². The molecule has 3 heteroatoms. The van der Waals surface area contributed by atoms with Gasteiger partial charge in [0.15, 0.2) is 0 Å². The van der Waals surface area contributed by atoms with Crippen molar-refractivity contribution in [3.8, 4) is 0 Å². The van der Waals surface area contributed by atoms with E-state index < -0.39 is 5.41 Å². The van der Waals surface area contributed by atoms with Crippen LogP contribution >= 0.6 is 0 Å². The van der Waals surface area contributed by atoms with Crippen molar-refractivity contribution in [1.29, 1.82) is 0 Å². The van der Waals surface area contributed by atoms with Gasteiger partial charge >= 0.3 is 0 Å². The van der Waals surface area contributed by atoms with Gasteiger partial charge in [-0.15, -0.1) is 0 Å². The van der Waals surface area contributed by atoms with Gasteiger partial charge in [0.1, 0.15) is 5.82 Å². The van der Waals surface area contributed by atoms with Crippen LogP contribution in [-0.2, 0) is 10.2 Å². The van der Waals surface area contributed by atoms with Gasteiger partial charge in [0.05, 0.1) is 5.41 Å². The molecule has 2 nitrogen and oxygen atoms in total. The van der Waals surface area contributed by atoms with Crippen LogP contribution in [0, 0.1) is 5.82 Å². The third kappa shape index (κ3) is 1.92. The van der Waals surface area contributed by atoms with Crippen LogP contribution in [0.1, 0.15) is 19.4 Å². The molecule has 0 unspecified atom stereocenters. The molecule has 0 heterocycles. The molecule has 1 rings (SSSR count). The lowest BCUT2D eigenvalue weighted by molar-refractivity contribution is -0.125. The summed E-state index contributed by atoms with van der Waals surface area (Å²) in [5, 5.41) is 2.56. The van der Waals surface area contributed by atoms with Gasteiger partial charge in [0.25, 0.3) is 0 Å². The fourth-order valence-electron chi connectivity index (χ4n) is 1.32. The summed E-state index contributed by atoms with van der Waals surface area (Å²) in [5.74, 6) is -0.442. The molecule has 1 aromatic carbocycles. The molecule has 0 aliphatic rings. The molecule has 0 fully saturated rings. The average Bonchev–Trinajstić information content (AvgIpc) is 2.16. The largest absolute Gasteiger partial charge is 0.358 e. The van der Waals surface area contributed by atoms with Crippen LogP contribution in [0.2, 0.25) is 0 Å². The molecule has 0 radical (unpaired) electrons. The van der Waals surface area contributed by atoms with E-state index in [9.17, 15) is 9.18 Å². The lowest BCUT2D eigenvalue weighted by atomic mass is 9.84. The van der Waals surface area contributed by atoms with Crippen molar-refractivity contribution < 1.29 is 9.18 Å². The Balaban J connectivity index is 3.09. The maximum atomic E-state index is 12.9. The maximum absolute atomic E-state index is 12.9. The number of benzene rings is 1. The second-order valence-electron chi connectivity index (χ2n) is 3.71. The van der Waals surface area contributed by atoms with E-state index in [1.807, 2.05) is 0 Å². The van der Waals surface area contributed by atoms with Crippen molar-refractivity contribution in [2.24, 2.45) is 0 Å². The summed E-state index contributed by atoms with van der Waals surface area (Å²) in [6.07, 6.45) is 0. The summed E-state index contributed by atoms with van der Waals surface area (Å²) in [4.78, 5) is 11.5. The van der Waals surface area contributed by atoms with Crippen LogP contribution in [0.4, 0.5) is 4.39 Å². The smallest absolute Gasteiger partial charge is 0.229 e. The van der Waals surface area contributed by atoms with Crippen LogP contribution in [-0.4, -0.2) is 13.0 Å². The quantitative estimate of drug-likeness (QED) is 0.766. The summed E-state index contributed by atoms with van der Waals surface area (Å²) in [5.41, 5.74) is -0.0199. The van der Waals surface area contributed by atoms with E-state index in [1.165, 1.54) is 12.1 Å². The number of rotatable bonds is 2. The van der Waals surface area contributed by atoms with Gasteiger partial charge in [-0.05, 0) is 31.5 Å². The van der Waals surface area contributed by atoms with E-state index in [1.54, 1.807) is 33.0 Å². The van der Waals surface area contributed by atoms with E-state index in [-0.39, 0.29) is 11.7 Å². The summed E-state index contributed by atoms with van der Waals surface area (Å²) >= 11 is 0. The third-order valence-corrected chi connectivity index (χ3v) is 2.34. The Kier molecular flexibility index (Phi) is 2.89. The Morgan fingerprint density at radius 1 is 1.43 bits per heavy atom. The van der Waals surface area contributed by atoms with Gasteiger partial charge in [-0.2, -0.15) is 0 Å². The Morgan fingerprint density at radius 3 is 2.57 bits per heavy atom. The number of carbonyl (C=O) groups excluding carboxylic acids is 1. The molecule has 14 heavy (non-hydrogen) atoms. The van der Waals surface area contributed by atoms with E-state index in [2.05, 4.69) is 5.32 Å². The predicted octanol–water partition coefficient (Wildman–Crippen LogP) is 1.85. The van der Waals surface area contributed by atoms with Crippen molar-refractivity contribution >= 4 is 5.91 Å². The molecule has 1 N–H and O–H groups in total. The van der Waals surface area contributed by atoms with E-state index >= 15 is 0 Å². The second kappa shape index (κ2) is 3.78. The molecule has 0 bridgehead atoms. The summed E-state index contributed by atoms with van der Waals surface area (Å²) in [6.45, 7) is 3.53. The maximum Gasteiger partial charge on any atom is 0.229 e. The molecular weight excluding hydrogens is 181 g/mol. The number of amides is 1. The number of hydrogen-bond acceptors (Lipinski definition) is 1. The van der Waals surface area contributed by atoms with Gasteiger partial charge in [0, 0.05) is 7.05 Å². The number of halogens is 1. The zero-order valence-electron chi connectivity index (χ0n) is 8.60. The second-order valence-corrected chi connectivity index (χ2v) is 3.71. The van der Waals surface area contributed by atoms with Gasteiger partial charge in [-0.25, -0.2) is 4.39 Å². The predicted molar refractivity (Wildman–Crippen MR) is 53.5 cm³/mol. The normalized spacial score (nSPS) is 11.1. The topological polar surface area (TPSA) is 29.1 Å². The van der Waals surface area contributed by atoms with Crippen molar-refractivity contribution in [2.75, 3.05) is 7.05 Å². The van der Waals surface area contributed by atoms with Gasteiger partial charge in [0.2, 0.25) is 5.91 Å². The highest BCUT2D eigenvalue weighted by Gasteiger charge is 2.28. The summed E-state index contributed by atoms with van der Waals surface area (Å²) in [7, 11) is 1.57. The fraction of sp³-hybridized carbons (Fsp3) is 0.364. The zero-order valence-corrected chi connectivity index (χ0v) is 8.60. The fourth-order valence-corrected chi connectivity index (χ4v) is 1.32. The highest BCUT2D eigenvalue weighted by Crippen LogP contribution is 2.23. The van der Waals surface area contributed by atoms with Gasteiger partial charge in [-0.1, -0.05) is 12.1 Å². The van der Waals surface area contributed by atoms with Crippen LogP contribution in [0.3, 0.4) is 0 Å². The molecule has 0 aliphatic carbocycles. The Labute approximate surface area is 83.1 Å². The minimum absolute atomic E-state index is 0.122. The number of likely N-dealkylation sites (N-methyl/N-ethyl adjacent to an activating group) is 1. The minimum Gasteiger partial charge on any atom is -0.358 e. The minimum atomic E-state index is -0.698. The van der Waals surface area contributed by atoms with Crippen molar-refractivity contribution in [3.05, 3.63) is 35.6 Å². The van der Waals surface area contributed by atoms with Crippen LogP contribution in [0.25, 0.3) is 0 Å². The van der Waals surface area contributed by atoms with Crippen molar-refractivity contribution in [3.63, 3.8) is 0 Å². The molecule has 76 valence electrons. The van der Waals surface area contributed by atoms with E-state index in [0.717, 1.165) is 0 Å². The van der Waals surface area contributed by atoms with Crippen LogP contribution in [0.15, 0.2) is 24.3 Å². The molecule has 0 aliphatic heterocycles. The summed E-state index contributed by atoms with van der Waals surface area (Å²) in [6, 6.07) is 6.10. The first-order valence-electron chi connectivity index (χ1n) is 4.46. The molecular formula is C11H14FNO. The van der Waals surface area contributed by atoms with E-state index in [4.69, 9.17) is 0 Å². The molecule has 0 spiro atoms. The number of carbonyl (C=O) groups is 1. The molecule has 0 saturated carbocycles. The molecule has 1 aromatic rings.